The van der Waals surface area contributed by atoms with Gasteiger partial charge in [-0.15, -0.1) is 5.10 Å². The van der Waals surface area contributed by atoms with Gasteiger partial charge in [0.15, 0.2) is 5.78 Å². The smallest absolute Gasteiger partial charge is 0.387 e. The predicted octanol–water partition coefficient (Wildman–Crippen LogP) is 3.63. The summed E-state index contributed by atoms with van der Waals surface area (Å²) in [5.74, 6) is -0.161. The summed E-state index contributed by atoms with van der Waals surface area (Å²) in [5.41, 5.74) is 1.18. The van der Waals surface area contributed by atoms with E-state index in [0.29, 0.717) is 10.7 Å². The molecule has 1 atom stereocenters. The molecule has 3 rings (SSSR count). The summed E-state index contributed by atoms with van der Waals surface area (Å²) < 4.78 is 30.2. The average Bonchev–Trinajstić information content (AvgIpc) is 3.10. The standard InChI is InChI=1S/C17H14F2N4O2S/c1-11(15(24)12-7-9-14(10-8-12)25-16(18)19)26-17-20-21-22-23(17)13-5-3-2-4-6-13/h2-11,16H,1H3/t11-/m1/s1. The van der Waals surface area contributed by atoms with E-state index in [1.807, 2.05) is 30.3 Å². The SMILES string of the molecule is C[C@@H](Sc1nnnn1-c1ccccc1)C(=O)c1ccc(OC(F)F)cc1. The van der Waals surface area contributed by atoms with Gasteiger partial charge in [-0.3, -0.25) is 4.79 Å². The zero-order valence-electron chi connectivity index (χ0n) is 13.6. The Morgan fingerprint density at radius 3 is 2.46 bits per heavy atom. The number of carbonyl (C=O) groups excluding carboxylic acids is 1. The van der Waals surface area contributed by atoms with E-state index < -0.39 is 11.9 Å². The number of ketones is 1. The lowest BCUT2D eigenvalue weighted by Gasteiger charge is -2.11. The highest BCUT2D eigenvalue weighted by molar-refractivity contribution is 8.00. The number of alkyl halides is 2. The molecule has 6 nitrogen and oxygen atoms in total. The van der Waals surface area contributed by atoms with Gasteiger partial charge in [0.1, 0.15) is 5.75 Å². The summed E-state index contributed by atoms with van der Waals surface area (Å²) in [4.78, 5) is 12.6. The number of rotatable bonds is 7. The van der Waals surface area contributed by atoms with E-state index in [1.54, 1.807) is 11.6 Å². The number of para-hydroxylation sites is 1. The summed E-state index contributed by atoms with van der Waals surface area (Å²) in [7, 11) is 0. The van der Waals surface area contributed by atoms with Gasteiger partial charge in [0, 0.05) is 5.56 Å². The minimum absolute atomic E-state index is 0.00452. The molecule has 0 N–H and O–H groups in total. The van der Waals surface area contributed by atoms with Gasteiger partial charge in [-0.1, -0.05) is 30.0 Å². The summed E-state index contributed by atoms with van der Waals surface area (Å²) in [6, 6.07) is 14.9. The van der Waals surface area contributed by atoms with Crippen molar-refractivity contribution in [2.75, 3.05) is 0 Å². The molecule has 0 bridgehead atoms. The van der Waals surface area contributed by atoms with Crippen LogP contribution in [0.5, 0.6) is 5.75 Å². The van der Waals surface area contributed by atoms with Crippen LogP contribution in [0, 0.1) is 0 Å². The van der Waals surface area contributed by atoms with Crippen molar-refractivity contribution in [1.82, 2.24) is 20.2 Å². The Labute approximate surface area is 152 Å². The lowest BCUT2D eigenvalue weighted by atomic mass is 10.1. The zero-order chi connectivity index (χ0) is 18.5. The topological polar surface area (TPSA) is 69.9 Å². The highest BCUT2D eigenvalue weighted by Crippen LogP contribution is 2.26. The number of nitrogens with zero attached hydrogens (tertiary/aromatic N) is 4. The molecule has 3 aromatic rings. The van der Waals surface area contributed by atoms with Crippen LogP contribution < -0.4 is 4.74 Å². The molecule has 0 unspecified atom stereocenters. The molecule has 0 saturated carbocycles. The first-order valence-corrected chi connectivity index (χ1v) is 8.52. The third-order valence-corrected chi connectivity index (χ3v) is 4.49. The lowest BCUT2D eigenvalue weighted by Crippen LogP contribution is -2.14. The van der Waals surface area contributed by atoms with Crippen LogP contribution in [0.15, 0.2) is 59.8 Å². The molecule has 134 valence electrons. The predicted molar refractivity (Wildman–Crippen MR) is 91.9 cm³/mol. The van der Waals surface area contributed by atoms with Crippen molar-refractivity contribution in [3.05, 3.63) is 60.2 Å². The van der Waals surface area contributed by atoms with Gasteiger partial charge in [0.25, 0.3) is 0 Å². The van der Waals surface area contributed by atoms with E-state index in [9.17, 15) is 13.6 Å². The lowest BCUT2D eigenvalue weighted by molar-refractivity contribution is -0.0498. The largest absolute Gasteiger partial charge is 0.435 e. The summed E-state index contributed by atoms with van der Waals surface area (Å²) in [5, 5.41) is 11.6. The third kappa shape index (κ3) is 4.23. The minimum Gasteiger partial charge on any atom is -0.435 e. The Hall–Kier alpha value is -2.81. The van der Waals surface area contributed by atoms with Crippen molar-refractivity contribution in [2.45, 2.75) is 23.9 Å². The highest BCUT2D eigenvalue weighted by Gasteiger charge is 2.20. The van der Waals surface area contributed by atoms with Crippen molar-refractivity contribution in [2.24, 2.45) is 0 Å². The Morgan fingerprint density at radius 2 is 1.81 bits per heavy atom. The number of halogens is 2. The van der Waals surface area contributed by atoms with E-state index >= 15 is 0 Å². The second-order valence-corrected chi connectivity index (χ2v) is 6.54. The van der Waals surface area contributed by atoms with Crippen molar-refractivity contribution >= 4 is 17.5 Å². The molecule has 0 spiro atoms. The molecule has 9 heteroatoms. The maximum absolute atomic E-state index is 12.6. The molecule has 0 aliphatic carbocycles. The fourth-order valence-electron chi connectivity index (χ4n) is 2.23. The molecule has 0 fully saturated rings. The number of hydrogen-bond donors (Lipinski definition) is 0. The van der Waals surface area contributed by atoms with Crippen LogP contribution in [0.25, 0.3) is 5.69 Å². The van der Waals surface area contributed by atoms with Gasteiger partial charge >= 0.3 is 6.61 Å². The Kier molecular flexibility index (Phi) is 5.57. The summed E-state index contributed by atoms with van der Waals surface area (Å²) in [6.07, 6.45) is 0. The van der Waals surface area contributed by atoms with Crippen LogP contribution in [0.2, 0.25) is 0 Å². The number of hydrogen-bond acceptors (Lipinski definition) is 6. The minimum atomic E-state index is -2.90. The van der Waals surface area contributed by atoms with Crippen molar-refractivity contribution in [3.63, 3.8) is 0 Å². The number of ether oxygens (including phenoxy) is 1. The van der Waals surface area contributed by atoms with E-state index in [2.05, 4.69) is 20.3 Å². The van der Waals surface area contributed by atoms with Crippen molar-refractivity contribution in [3.8, 4) is 11.4 Å². The number of thioether (sulfide) groups is 1. The number of aromatic nitrogens is 4. The zero-order valence-corrected chi connectivity index (χ0v) is 14.4. The molecule has 2 aromatic carbocycles. The molecule has 0 amide bonds. The number of benzene rings is 2. The molecule has 26 heavy (non-hydrogen) atoms. The van der Waals surface area contributed by atoms with Gasteiger partial charge in [0.05, 0.1) is 10.9 Å². The van der Waals surface area contributed by atoms with E-state index in [0.717, 1.165) is 5.69 Å². The van der Waals surface area contributed by atoms with Crippen LogP contribution in [-0.4, -0.2) is 37.9 Å². The first-order chi connectivity index (χ1) is 12.5. The Bertz CT molecular complexity index is 872. The van der Waals surface area contributed by atoms with E-state index in [-0.39, 0.29) is 11.5 Å². The molecule has 1 heterocycles. The van der Waals surface area contributed by atoms with Crippen LogP contribution in [-0.2, 0) is 0 Å². The quantitative estimate of drug-likeness (QED) is 0.463. The molecule has 0 radical (unpaired) electrons. The van der Waals surface area contributed by atoms with Crippen LogP contribution in [0.1, 0.15) is 17.3 Å². The fraction of sp³-hybridized carbons (Fsp3) is 0.176. The van der Waals surface area contributed by atoms with E-state index in [1.165, 1.54) is 36.0 Å². The maximum atomic E-state index is 12.6. The van der Waals surface area contributed by atoms with E-state index in [4.69, 9.17) is 0 Å². The molecular formula is C17H14F2N4O2S. The van der Waals surface area contributed by atoms with Gasteiger partial charge in [-0.05, 0) is 53.7 Å². The van der Waals surface area contributed by atoms with Gasteiger partial charge in [0.2, 0.25) is 5.16 Å². The van der Waals surface area contributed by atoms with Crippen LogP contribution >= 0.6 is 11.8 Å². The maximum Gasteiger partial charge on any atom is 0.387 e. The van der Waals surface area contributed by atoms with Crippen LogP contribution in [0.4, 0.5) is 8.78 Å². The molecule has 0 saturated heterocycles. The number of carbonyl (C=O) groups is 1. The monoisotopic (exact) mass is 376 g/mol. The third-order valence-electron chi connectivity index (χ3n) is 3.46. The normalized spacial score (nSPS) is 12.2. The fourth-order valence-corrected chi connectivity index (χ4v) is 3.12. The van der Waals surface area contributed by atoms with Crippen LogP contribution in [0.3, 0.4) is 0 Å². The molecule has 0 aliphatic rings. The Balaban J connectivity index is 1.71. The highest BCUT2D eigenvalue weighted by atomic mass is 32.2. The first kappa shape index (κ1) is 18.0. The van der Waals surface area contributed by atoms with Gasteiger partial charge < -0.3 is 4.74 Å². The second kappa shape index (κ2) is 8.05. The van der Waals surface area contributed by atoms with Crippen molar-refractivity contribution < 1.29 is 18.3 Å². The average molecular weight is 376 g/mol. The number of Topliss-reactive ketones (excluding diaryl/α,β-unsaturated/α-hetero) is 1. The summed E-state index contributed by atoms with van der Waals surface area (Å²) >= 11 is 1.22. The summed E-state index contributed by atoms with van der Waals surface area (Å²) in [6.45, 7) is -1.16. The first-order valence-electron chi connectivity index (χ1n) is 7.64. The molecular weight excluding hydrogens is 362 g/mol. The van der Waals surface area contributed by atoms with Gasteiger partial charge in [-0.25, -0.2) is 0 Å². The van der Waals surface area contributed by atoms with Gasteiger partial charge in [-0.2, -0.15) is 13.5 Å². The second-order valence-electron chi connectivity index (χ2n) is 5.24. The molecule has 1 aromatic heterocycles. The number of tetrazole rings is 1. The Morgan fingerprint density at radius 1 is 1.12 bits per heavy atom. The molecule has 0 aliphatic heterocycles. The van der Waals surface area contributed by atoms with Crippen molar-refractivity contribution in [1.29, 1.82) is 0 Å².